The van der Waals surface area contributed by atoms with Crippen molar-refractivity contribution in [2.24, 2.45) is 5.92 Å². The Kier molecular flexibility index (Phi) is 4.94. The van der Waals surface area contributed by atoms with Crippen LogP contribution in [0.1, 0.15) is 53.9 Å². The highest BCUT2D eigenvalue weighted by Gasteiger charge is 2.61. The summed E-state index contributed by atoms with van der Waals surface area (Å²) in [4.78, 5) is 30.4. The van der Waals surface area contributed by atoms with Gasteiger partial charge in [-0.25, -0.2) is 8.78 Å². The molecule has 2 amide bonds. The average molecular weight is 470 g/mol. The molecule has 0 radical (unpaired) electrons. The Morgan fingerprint density at radius 2 is 1.94 bits per heavy atom. The minimum absolute atomic E-state index is 0.202. The maximum absolute atomic E-state index is 13.3. The Morgan fingerprint density at radius 1 is 1.21 bits per heavy atom. The number of hydrogen-bond donors (Lipinski definition) is 1. The molecule has 0 spiro atoms. The Hall–Kier alpha value is -3.05. The van der Waals surface area contributed by atoms with Gasteiger partial charge in [0.05, 0.1) is 6.04 Å². The van der Waals surface area contributed by atoms with E-state index >= 15 is 0 Å². The number of alkyl halides is 5. The van der Waals surface area contributed by atoms with Crippen molar-refractivity contribution in [3.8, 4) is 11.4 Å². The van der Waals surface area contributed by atoms with Crippen LogP contribution in [0.5, 0.6) is 0 Å². The molecule has 2 aliphatic carbocycles. The second-order valence-corrected chi connectivity index (χ2v) is 8.71. The van der Waals surface area contributed by atoms with Gasteiger partial charge < -0.3 is 14.7 Å². The highest BCUT2D eigenvalue weighted by atomic mass is 19.4. The fourth-order valence-corrected chi connectivity index (χ4v) is 4.62. The monoisotopic (exact) mass is 470 g/mol. The minimum Gasteiger partial charge on any atom is -0.351 e. The molecule has 0 saturated heterocycles. The number of carbonyl (C=O) groups excluding carboxylic acids is 2. The molecule has 7 nitrogen and oxygen atoms in total. The molecule has 33 heavy (non-hydrogen) atoms. The molecule has 3 atom stereocenters. The first kappa shape index (κ1) is 21.8. The summed E-state index contributed by atoms with van der Waals surface area (Å²) in [6.07, 6.45) is -2.42. The number of nitrogens with zero attached hydrogens (tertiary/aromatic N) is 3. The van der Waals surface area contributed by atoms with E-state index in [0.717, 1.165) is 12.8 Å². The molecule has 2 saturated carbocycles. The lowest BCUT2D eigenvalue weighted by atomic mass is 9.89. The van der Waals surface area contributed by atoms with Crippen LogP contribution in [0, 0.1) is 5.92 Å². The number of halogens is 5. The van der Waals surface area contributed by atoms with Gasteiger partial charge in [-0.05, 0) is 24.5 Å². The Morgan fingerprint density at radius 3 is 2.61 bits per heavy atom. The SMILES string of the molecule is O=C(N[C@@H]1CCCC[C@H]1N1Cc2ccc(-c3noc(C(F)(F)F)n3)cc2C1=O)C1CC1(F)F. The van der Waals surface area contributed by atoms with Gasteiger partial charge in [0.25, 0.3) is 11.8 Å². The smallest absolute Gasteiger partial charge is 0.351 e. The molecule has 1 aromatic heterocycles. The Balaban J connectivity index is 1.34. The average Bonchev–Trinajstić information content (AvgIpc) is 3.09. The first-order valence-corrected chi connectivity index (χ1v) is 10.6. The van der Waals surface area contributed by atoms with Crippen molar-refractivity contribution >= 4 is 11.8 Å². The summed E-state index contributed by atoms with van der Waals surface area (Å²) in [5, 5.41) is 6.06. The second-order valence-electron chi connectivity index (χ2n) is 8.71. The minimum atomic E-state index is -4.78. The molecule has 2 heterocycles. The van der Waals surface area contributed by atoms with Crippen molar-refractivity contribution in [1.82, 2.24) is 20.4 Å². The molecule has 1 aromatic carbocycles. The zero-order valence-corrected chi connectivity index (χ0v) is 17.2. The second kappa shape index (κ2) is 7.49. The summed E-state index contributed by atoms with van der Waals surface area (Å²) < 4.78 is 69.1. The van der Waals surface area contributed by atoms with Crippen LogP contribution in [0.3, 0.4) is 0 Å². The van der Waals surface area contributed by atoms with Crippen LogP contribution in [-0.4, -0.2) is 44.9 Å². The van der Waals surface area contributed by atoms with Crippen LogP contribution in [0.25, 0.3) is 11.4 Å². The molecule has 2 aromatic rings. The van der Waals surface area contributed by atoms with Crippen molar-refractivity contribution in [3.05, 3.63) is 35.2 Å². The Labute approximate surface area is 184 Å². The van der Waals surface area contributed by atoms with Crippen molar-refractivity contribution in [2.45, 2.75) is 62.8 Å². The lowest BCUT2D eigenvalue weighted by molar-refractivity contribution is -0.159. The fraction of sp³-hybridized carbons (Fsp3) is 0.524. The van der Waals surface area contributed by atoms with Crippen LogP contribution >= 0.6 is 0 Å². The van der Waals surface area contributed by atoms with Crippen molar-refractivity contribution in [3.63, 3.8) is 0 Å². The van der Waals surface area contributed by atoms with Crippen LogP contribution in [-0.2, 0) is 17.5 Å². The van der Waals surface area contributed by atoms with Crippen LogP contribution in [0.15, 0.2) is 22.7 Å². The van der Waals surface area contributed by atoms with E-state index in [2.05, 4.69) is 20.0 Å². The predicted octanol–water partition coefficient (Wildman–Crippen LogP) is 3.79. The van der Waals surface area contributed by atoms with Gasteiger partial charge in [-0.15, -0.1) is 0 Å². The number of benzene rings is 1. The molecule has 1 N–H and O–H groups in total. The number of amides is 2. The first-order valence-electron chi connectivity index (χ1n) is 10.6. The topological polar surface area (TPSA) is 88.3 Å². The molecule has 2 fully saturated rings. The lowest BCUT2D eigenvalue weighted by Crippen LogP contribution is -2.53. The van der Waals surface area contributed by atoms with Gasteiger partial charge in [0.2, 0.25) is 11.7 Å². The summed E-state index contributed by atoms with van der Waals surface area (Å²) in [7, 11) is 0. The highest BCUT2D eigenvalue weighted by molar-refractivity contribution is 5.99. The van der Waals surface area contributed by atoms with E-state index in [4.69, 9.17) is 0 Å². The quantitative estimate of drug-likeness (QED) is 0.687. The third kappa shape index (κ3) is 3.95. The summed E-state index contributed by atoms with van der Waals surface area (Å²) in [6.45, 7) is 0.255. The van der Waals surface area contributed by atoms with Gasteiger partial charge in [0.15, 0.2) is 0 Å². The number of carbonyl (C=O) groups is 2. The zero-order chi connectivity index (χ0) is 23.5. The van der Waals surface area contributed by atoms with E-state index in [1.54, 1.807) is 11.0 Å². The van der Waals surface area contributed by atoms with E-state index in [1.165, 1.54) is 12.1 Å². The van der Waals surface area contributed by atoms with Crippen molar-refractivity contribution in [1.29, 1.82) is 0 Å². The summed E-state index contributed by atoms with van der Waals surface area (Å²) in [5.41, 5.74) is 1.18. The molecular formula is C21H19F5N4O3. The van der Waals surface area contributed by atoms with Gasteiger partial charge >= 0.3 is 12.1 Å². The van der Waals surface area contributed by atoms with Gasteiger partial charge in [0, 0.05) is 30.1 Å². The molecule has 12 heteroatoms. The highest BCUT2D eigenvalue weighted by Crippen LogP contribution is 2.48. The van der Waals surface area contributed by atoms with E-state index < -0.39 is 42.3 Å². The third-order valence-electron chi connectivity index (χ3n) is 6.47. The largest absolute Gasteiger partial charge is 0.471 e. The molecule has 1 unspecified atom stereocenters. The van der Waals surface area contributed by atoms with E-state index in [9.17, 15) is 31.5 Å². The fourth-order valence-electron chi connectivity index (χ4n) is 4.62. The van der Waals surface area contributed by atoms with Gasteiger partial charge in [0.1, 0.15) is 5.92 Å². The van der Waals surface area contributed by atoms with E-state index in [-0.39, 0.29) is 29.9 Å². The lowest BCUT2D eigenvalue weighted by Gasteiger charge is -2.38. The number of rotatable bonds is 4. The number of nitrogens with one attached hydrogen (secondary N) is 1. The molecule has 5 rings (SSSR count). The van der Waals surface area contributed by atoms with Gasteiger partial charge in [-0.1, -0.05) is 30.1 Å². The molecule has 176 valence electrons. The molecule has 3 aliphatic rings. The molecule has 1 aliphatic heterocycles. The van der Waals surface area contributed by atoms with Crippen molar-refractivity contribution < 1.29 is 36.1 Å². The maximum atomic E-state index is 13.3. The zero-order valence-electron chi connectivity index (χ0n) is 17.2. The van der Waals surface area contributed by atoms with Gasteiger partial charge in [-0.3, -0.25) is 9.59 Å². The third-order valence-corrected chi connectivity index (χ3v) is 6.47. The first-order chi connectivity index (χ1) is 15.5. The van der Waals surface area contributed by atoms with Crippen LogP contribution in [0.2, 0.25) is 0 Å². The summed E-state index contributed by atoms with van der Waals surface area (Å²) >= 11 is 0. The van der Waals surface area contributed by atoms with E-state index in [0.29, 0.717) is 24.0 Å². The number of fused-ring (bicyclic) bond motifs is 1. The Bertz CT molecular complexity index is 1120. The molecular weight excluding hydrogens is 451 g/mol. The standard InChI is InChI=1S/C21H19F5N4O3/c22-20(23)8-13(20)17(31)27-14-3-1-2-4-15(14)30-9-11-6-5-10(7-12(11)18(30)32)16-28-19(33-29-16)21(24,25)26/h5-7,13-15H,1-4,8-9H2,(H,27,31)/t13?,14-,15-/m1/s1. The van der Waals surface area contributed by atoms with Gasteiger partial charge in [-0.2, -0.15) is 18.2 Å². The normalized spacial score (nSPS) is 26.3. The summed E-state index contributed by atoms with van der Waals surface area (Å²) in [5.74, 6) is -7.08. The van der Waals surface area contributed by atoms with Crippen LogP contribution < -0.4 is 5.32 Å². The predicted molar refractivity (Wildman–Crippen MR) is 102 cm³/mol. The number of aromatic nitrogens is 2. The van der Waals surface area contributed by atoms with Crippen molar-refractivity contribution in [2.75, 3.05) is 0 Å². The number of hydrogen-bond acceptors (Lipinski definition) is 5. The maximum Gasteiger partial charge on any atom is 0.471 e. The van der Waals surface area contributed by atoms with Crippen LogP contribution in [0.4, 0.5) is 22.0 Å². The van der Waals surface area contributed by atoms with E-state index in [1.807, 2.05) is 0 Å². The summed E-state index contributed by atoms with van der Waals surface area (Å²) in [6, 6.07) is 3.75. The molecule has 0 bridgehead atoms.